The van der Waals surface area contributed by atoms with Gasteiger partial charge in [-0.3, -0.25) is 4.79 Å². The van der Waals surface area contributed by atoms with E-state index in [0.29, 0.717) is 28.7 Å². The Morgan fingerprint density at radius 2 is 1.39 bits per heavy atom. The van der Waals surface area contributed by atoms with E-state index in [1.54, 1.807) is 36.4 Å². The van der Waals surface area contributed by atoms with Gasteiger partial charge in [-0.2, -0.15) is 13.2 Å². The first-order valence-corrected chi connectivity index (χ1v) is 9.06. The van der Waals surface area contributed by atoms with Gasteiger partial charge in [-0.05, 0) is 45.0 Å². The Bertz CT molecular complexity index is 1150. The van der Waals surface area contributed by atoms with Crippen molar-refractivity contribution in [3.8, 4) is 22.3 Å². The molecule has 0 amide bonds. The summed E-state index contributed by atoms with van der Waals surface area (Å²) in [6.07, 6.45) is -4.43. The van der Waals surface area contributed by atoms with Crippen molar-refractivity contribution in [2.24, 2.45) is 0 Å². The van der Waals surface area contributed by atoms with Crippen LogP contribution in [-0.4, -0.2) is 12.0 Å². The van der Waals surface area contributed by atoms with E-state index in [4.69, 9.17) is 0 Å². The molecular formula is C24H17F3O. The van der Waals surface area contributed by atoms with Crippen molar-refractivity contribution in [3.05, 3.63) is 83.9 Å². The first-order valence-electron chi connectivity index (χ1n) is 9.06. The molecule has 0 saturated heterocycles. The van der Waals surface area contributed by atoms with Crippen LogP contribution in [0.3, 0.4) is 0 Å². The average Bonchev–Trinajstić information content (AvgIpc) is 2.81. The van der Waals surface area contributed by atoms with Crippen LogP contribution < -0.4 is 0 Å². The Morgan fingerprint density at radius 1 is 0.786 bits per heavy atom. The molecule has 0 bridgehead atoms. The second kappa shape index (κ2) is 6.79. The number of rotatable bonds is 3. The molecule has 0 atom stereocenters. The minimum absolute atomic E-state index is 0.257. The van der Waals surface area contributed by atoms with Gasteiger partial charge in [-0.15, -0.1) is 0 Å². The SMILES string of the molecule is CCc1c2cccccc-2c(C(=O)C(F)(F)F)c1-c1cccc2ccccc12. The predicted octanol–water partition coefficient (Wildman–Crippen LogP) is 6.92. The Labute approximate surface area is 160 Å². The van der Waals surface area contributed by atoms with Crippen LogP contribution in [0.5, 0.6) is 0 Å². The number of benzene rings is 2. The van der Waals surface area contributed by atoms with E-state index in [1.807, 2.05) is 43.3 Å². The average molecular weight is 378 g/mol. The van der Waals surface area contributed by atoms with Crippen LogP contribution in [0.1, 0.15) is 22.8 Å². The van der Waals surface area contributed by atoms with Gasteiger partial charge in [0, 0.05) is 5.56 Å². The number of carbonyl (C=O) groups is 1. The summed E-state index contributed by atoms with van der Waals surface area (Å²) in [6, 6.07) is 21.6. The highest BCUT2D eigenvalue weighted by atomic mass is 19.4. The molecule has 0 aromatic heterocycles. The van der Waals surface area contributed by atoms with Gasteiger partial charge < -0.3 is 0 Å². The molecule has 0 aliphatic heterocycles. The monoisotopic (exact) mass is 378 g/mol. The van der Waals surface area contributed by atoms with Gasteiger partial charge in [0.15, 0.2) is 0 Å². The van der Waals surface area contributed by atoms with Crippen molar-refractivity contribution < 1.29 is 18.0 Å². The molecule has 140 valence electrons. The zero-order valence-electron chi connectivity index (χ0n) is 15.2. The topological polar surface area (TPSA) is 17.1 Å². The molecule has 0 N–H and O–H groups in total. The Balaban J connectivity index is 2.18. The summed E-state index contributed by atoms with van der Waals surface area (Å²) in [4.78, 5) is 12.5. The number of hydrogen-bond acceptors (Lipinski definition) is 1. The fraction of sp³-hybridized carbons (Fsp3) is 0.125. The zero-order valence-corrected chi connectivity index (χ0v) is 15.2. The van der Waals surface area contributed by atoms with Gasteiger partial charge >= 0.3 is 6.18 Å². The molecule has 0 saturated carbocycles. The van der Waals surface area contributed by atoms with Crippen molar-refractivity contribution >= 4 is 16.6 Å². The van der Waals surface area contributed by atoms with E-state index in [9.17, 15) is 18.0 Å². The number of alkyl halides is 3. The van der Waals surface area contributed by atoms with Crippen molar-refractivity contribution in [2.45, 2.75) is 19.5 Å². The van der Waals surface area contributed by atoms with Crippen LogP contribution in [0.4, 0.5) is 13.2 Å². The molecule has 28 heavy (non-hydrogen) atoms. The van der Waals surface area contributed by atoms with Gasteiger partial charge in [0.25, 0.3) is 5.78 Å². The van der Waals surface area contributed by atoms with E-state index in [2.05, 4.69) is 0 Å². The zero-order chi connectivity index (χ0) is 19.9. The molecule has 0 radical (unpaired) electrons. The molecule has 0 heterocycles. The van der Waals surface area contributed by atoms with Crippen LogP contribution in [0.15, 0.2) is 72.8 Å². The minimum Gasteiger partial charge on any atom is -0.284 e. The molecule has 1 nitrogen and oxygen atoms in total. The lowest BCUT2D eigenvalue weighted by Crippen LogP contribution is -2.23. The molecule has 2 aliphatic rings. The van der Waals surface area contributed by atoms with Gasteiger partial charge in [0.1, 0.15) is 0 Å². The van der Waals surface area contributed by atoms with Crippen LogP contribution >= 0.6 is 0 Å². The summed E-state index contributed by atoms with van der Waals surface area (Å²) in [5, 5.41) is 1.75. The fourth-order valence-electron chi connectivity index (χ4n) is 3.93. The summed E-state index contributed by atoms with van der Waals surface area (Å²) in [7, 11) is 0. The smallest absolute Gasteiger partial charge is 0.284 e. The first kappa shape index (κ1) is 18.2. The number of hydrogen-bond donors (Lipinski definition) is 0. The van der Waals surface area contributed by atoms with Crippen LogP contribution in [0, 0.1) is 0 Å². The molecular weight excluding hydrogens is 361 g/mol. The van der Waals surface area contributed by atoms with Crippen LogP contribution in [0.2, 0.25) is 0 Å². The number of halogens is 3. The highest BCUT2D eigenvalue weighted by molar-refractivity contribution is 6.16. The summed E-state index contributed by atoms with van der Waals surface area (Å²) in [6.45, 7) is 1.90. The summed E-state index contributed by atoms with van der Waals surface area (Å²) < 4.78 is 40.6. The third kappa shape index (κ3) is 2.85. The van der Waals surface area contributed by atoms with Gasteiger partial charge in [0.2, 0.25) is 0 Å². The van der Waals surface area contributed by atoms with E-state index in [1.165, 1.54) is 0 Å². The molecule has 2 aromatic carbocycles. The molecule has 2 aliphatic carbocycles. The Morgan fingerprint density at radius 3 is 2.11 bits per heavy atom. The van der Waals surface area contributed by atoms with E-state index < -0.39 is 12.0 Å². The van der Waals surface area contributed by atoms with Crippen LogP contribution in [-0.2, 0) is 6.42 Å². The quantitative estimate of drug-likeness (QED) is 0.354. The normalized spacial score (nSPS) is 11.9. The molecule has 0 fully saturated rings. The molecule has 2 aromatic rings. The van der Waals surface area contributed by atoms with Crippen molar-refractivity contribution in [2.75, 3.05) is 0 Å². The lowest BCUT2D eigenvalue weighted by molar-refractivity contribution is -0.0884. The number of fused-ring (bicyclic) bond motifs is 2. The summed E-state index contributed by atoms with van der Waals surface area (Å²) in [5.74, 6) is -1.80. The van der Waals surface area contributed by atoms with E-state index in [-0.39, 0.29) is 5.56 Å². The van der Waals surface area contributed by atoms with Gasteiger partial charge in [0.05, 0.1) is 0 Å². The molecule has 4 heteroatoms. The maximum atomic E-state index is 13.5. The van der Waals surface area contributed by atoms with Crippen molar-refractivity contribution in [1.29, 1.82) is 0 Å². The van der Waals surface area contributed by atoms with Gasteiger partial charge in [-0.25, -0.2) is 0 Å². The minimum atomic E-state index is -4.94. The number of carbonyl (C=O) groups excluding carboxylic acids is 1. The maximum Gasteiger partial charge on any atom is 0.454 e. The van der Waals surface area contributed by atoms with Crippen molar-refractivity contribution in [1.82, 2.24) is 0 Å². The molecule has 0 spiro atoms. The fourth-order valence-corrected chi connectivity index (χ4v) is 3.93. The summed E-state index contributed by atoms with van der Waals surface area (Å²) in [5.41, 5.74) is 2.57. The second-order valence-electron chi connectivity index (χ2n) is 6.67. The summed E-state index contributed by atoms with van der Waals surface area (Å²) >= 11 is 0. The van der Waals surface area contributed by atoms with Crippen molar-refractivity contribution in [3.63, 3.8) is 0 Å². The largest absolute Gasteiger partial charge is 0.454 e. The Kier molecular flexibility index (Phi) is 4.42. The maximum absolute atomic E-state index is 13.5. The third-order valence-corrected chi connectivity index (χ3v) is 5.08. The predicted molar refractivity (Wildman–Crippen MR) is 106 cm³/mol. The number of Topliss-reactive ketones (excluding diaryl/α,β-unsaturated/α-hetero) is 1. The Hall–Kier alpha value is -3.14. The van der Waals surface area contributed by atoms with Crippen LogP contribution in [0.25, 0.3) is 33.0 Å². The molecule has 4 rings (SSSR count). The lowest BCUT2D eigenvalue weighted by Gasteiger charge is -2.12. The second-order valence-corrected chi connectivity index (χ2v) is 6.67. The lowest BCUT2D eigenvalue weighted by atomic mass is 9.92. The third-order valence-electron chi connectivity index (χ3n) is 5.08. The number of ketones is 1. The van der Waals surface area contributed by atoms with E-state index in [0.717, 1.165) is 16.3 Å². The highest BCUT2D eigenvalue weighted by Gasteiger charge is 2.43. The molecule has 0 unspecified atom stereocenters. The standard InChI is InChI=1S/C24H17F3O/c1-2-16-18-12-4-3-5-13-20(18)22(23(28)24(25,26)27)21(16)19-14-8-10-15-9-6-7-11-17(15)19/h3-14H,2H2,1H3. The van der Waals surface area contributed by atoms with Gasteiger partial charge in [-0.1, -0.05) is 79.7 Å². The highest BCUT2D eigenvalue weighted by Crippen LogP contribution is 2.46. The first-order chi connectivity index (χ1) is 13.4. The van der Waals surface area contributed by atoms with E-state index >= 15 is 0 Å².